The Hall–Kier alpha value is -2.55. The van der Waals surface area contributed by atoms with Gasteiger partial charge in [-0.05, 0) is 18.9 Å². The van der Waals surface area contributed by atoms with E-state index in [9.17, 15) is 13.6 Å². The second-order valence-corrected chi connectivity index (χ2v) is 7.43. The van der Waals surface area contributed by atoms with Gasteiger partial charge in [0.05, 0.1) is 30.6 Å². The lowest BCUT2D eigenvalue weighted by Gasteiger charge is -2.34. The Bertz CT molecular complexity index is 1000. The SMILES string of the molecule is O=C(C1CC(F)(F)CN1)N1CCC(n2cnc3cnc4[nH]ccc4c32)CC1. The largest absolute Gasteiger partial charge is 0.346 e. The molecule has 142 valence electrons. The molecule has 3 aromatic heterocycles. The predicted molar refractivity (Wildman–Crippen MR) is 95.6 cm³/mol. The first-order chi connectivity index (χ1) is 13.0. The van der Waals surface area contributed by atoms with E-state index in [1.54, 1.807) is 11.1 Å². The number of fused-ring (bicyclic) bond motifs is 3. The number of carbonyl (C=O) groups excluding carboxylic acids is 1. The van der Waals surface area contributed by atoms with Crippen molar-refractivity contribution in [2.75, 3.05) is 19.6 Å². The van der Waals surface area contributed by atoms with Crippen LogP contribution in [0.2, 0.25) is 0 Å². The van der Waals surface area contributed by atoms with Crippen molar-refractivity contribution in [3.8, 4) is 0 Å². The van der Waals surface area contributed by atoms with E-state index in [0.29, 0.717) is 13.1 Å². The van der Waals surface area contributed by atoms with Crippen LogP contribution in [0.5, 0.6) is 0 Å². The Kier molecular flexibility index (Phi) is 3.68. The van der Waals surface area contributed by atoms with Crippen LogP contribution in [0, 0.1) is 0 Å². The van der Waals surface area contributed by atoms with Gasteiger partial charge in [-0.25, -0.2) is 18.7 Å². The summed E-state index contributed by atoms with van der Waals surface area (Å²) in [7, 11) is 0. The zero-order valence-electron chi connectivity index (χ0n) is 14.7. The molecule has 7 nitrogen and oxygen atoms in total. The van der Waals surface area contributed by atoms with Crippen LogP contribution in [0.1, 0.15) is 25.3 Å². The maximum atomic E-state index is 13.4. The number of nitrogens with zero attached hydrogens (tertiary/aromatic N) is 4. The van der Waals surface area contributed by atoms with Gasteiger partial charge in [0.2, 0.25) is 5.91 Å². The third-order valence-electron chi connectivity index (χ3n) is 5.70. The van der Waals surface area contributed by atoms with Crippen LogP contribution in [0.25, 0.3) is 22.1 Å². The third kappa shape index (κ3) is 2.77. The summed E-state index contributed by atoms with van der Waals surface area (Å²) in [5.41, 5.74) is 2.71. The van der Waals surface area contributed by atoms with Gasteiger partial charge in [0.15, 0.2) is 0 Å². The van der Waals surface area contributed by atoms with Crippen LogP contribution in [-0.4, -0.2) is 61.9 Å². The van der Waals surface area contributed by atoms with Crippen molar-refractivity contribution in [3.05, 3.63) is 24.8 Å². The number of halogens is 2. The van der Waals surface area contributed by atoms with Gasteiger partial charge in [-0.15, -0.1) is 0 Å². The van der Waals surface area contributed by atoms with Crippen molar-refractivity contribution in [1.82, 2.24) is 29.7 Å². The predicted octanol–water partition coefficient (Wildman–Crippen LogP) is 2.07. The standard InChI is InChI=1S/C18H20F2N6O/c19-18(20)7-13(23-9-18)17(27)25-5-2-11(3-6-25)26-10-24-14-8-22-16-12(15(14)26)1-4-21-16/h1,4,8,10-11,13,23H,2-3,5-7,9H2,(H,21,22). The maximum absolute atomic E-state index is 13.4. The molecule has 0 radical (unpaired) electrons. The number of piperidine rings is 1. The zero-order valence-corrected chi connectivity index (χ0v) is 14.7. The normalized spacial score (nSPS) is 23.5. The number of hydrogen-bond acceptors (Lipinski definition) is 4. The fourth-order valence-corrected chi connectivity index (χ4v) is 4.28. The maximum Gasteiger partial charge on any atom is 0.262 e. The van der Waals surface area contributed by atoms with Crippen molar-refractivity contribution >= 4 is 28.0 Å². The van der Waals surface area contributed by atoms with Gasteiger partial charge in [-0.1, -0.05) is 0 Å². The number of amides is 1. The minimum atomic E-state index is -2.79. The lowest BCUT2D eigenvalue weighted by atomic mass is 10.0. The number of pyridine rings is 1. The number of hydrogen-bond donors (Lipinski definition) is 2. The summed E-state index contributed by atoms with van der Waals surface area (Å²) in [4.78, 5) is 26.2. The quantitative estimate of drug-likeness (QED) is 0.720. The average Bonchev–Trinajstić information content (AvgIpc) is 3.37. The fraction of sp³-hybridized carbons (Fsp3) is 0.500. The van der Waals surface area contributed by atoms with Crippen LogP contribution in [0.4, 0.5) is 8.78 Å². The molecule has 9 heteroatoms. The molecule has 1 amide bonds. The van der Waals surface area contributed by atoms with Crippen molar-refractivity contribution in [3.63, 3.8) is 0 Å². The molecule has 3 aromatic rings. The summed E-state index contributed by atoms with van der Waals surface area (Å²) in [6.07, 6.45) is 6.59. The monoisotopic (exact) mass is 374 g/mol. The molecule has 5 heterocycles. The highest BCUT2D eigenvalue weighted by molar-refractivity contribution is 6.00. The molecule has 0 saturated carbocycles. The van der Waals surface area contributed by atoms with E-state index in [-0.39, 0.29) is 11.9 Å². The highest BCUT2D eigenvalue weighted by atomic mass is 19.3. The number of carbonyl (C=O) groups is 1. The lowest BCUT2D eigenvalue weighted by molar-refractivity contribution is -0.135. The highest BCUT2D eigenvalue weighted by Gasteiger charge is 2.44. The molecule has 1 unspecified atom stereocenters. The molecule has 2 aliphatic rings. The first-order valence-electron chi connectivity index (χ1n) is 9.20. The fourth-order valence-electron chi connectivity index (χ4n) is 4.28. The Morgan fingerprint density at radius 3 is 2.81 bits per heavy atom. The number of aromatic amines is 1. The molecule has 0 spiro atoms. The Balaban J connectivity index is 1.33. The van der Waals surface area contributed by atoms with Crippen molar-refractivity contribution in [2.24, 2.45) is 0 Å². The van der Waals surface area contributed by atoms with Gasteiger partial charge in [0, 0.05) is 37.1 Å². The molecule has 2 saturated heterocycles. The topological polar surface area (TPSA) is 78.8 Å². The molecule has 2 fully saturated rings. The first-order valence-corrected chi connectivity index (χ1v) is 9.20. The summed E-state index contributed by atoms with van der Waals surface area (Å²) in [5.74, 6) is -3.00. The van der Waals surface area contributed by atoms with Gasteiger partial charge >= 0.3 is 0 Å². The molecule has 5 rings (SSSR count). The number of nitrogens with one attached hydrogen (secondary N) is 2. The highest BCUT2D eigenvalue weighted by Crippen LogP contribution is 2.31. The molecule has 0 aliphatic carbocycles. The van der Waals surface area contributed by atoms with Gasteiger partial charge in [0.1, 0.15) is 11.2 Å². The van der Waals surface area contributed by atoms with E-state index in [2.05, 4.69) is 24.8 Å². The summed E-state index contributed by atoms with van der Waals surface area (Å²) in [6.45, 7) is 0.712. The number of alkyl halides is 2. The molecule has 2 N–H and O–H groups in total. The molecule has 2 aliphatic heterocycles. The van der Waals surface area contributed by atoms with E-state index < -0.39 is 24.9 Å². The van der Waals surface area contributed by atoms with E-state index >= 15 is 0 Å². The van der Waals surface area contributed by atoms with Crippen LogP contribution in [-0.2, 0) is 4.79 Å². The van der Waals surface area contributed by atoms with Gasteiger partial charge < -0.3 is 14.5 Å². The van der Waals surface area contributed by atoms with Crippen LogP contribution >= 0.6 is 0 Å². The summed E-state index contributed by atoms with van der Waals surface area (Å²) < 4.78 is 28.9. The molecule has 0 bridgehead atoms. The number of rotatable bonds is 2. The van der Waals surface area contributed by atoms with Crippen molar-refractivity contribution in [1.29, 1.82) is 0 Å². The number of likely N-dealkylation sites (tertiary alicyclic amines) is 1. The van der Waals surface area contributed by atoms with Crippen LogP contribution < -0.4 is 5.32 Å². The summed E-state index contributed by atoms with van der Waals surface area (Å²) >= 11 is 0. The smallest absolute Gasteiger partial charge is 0.262 e. The van der Waals surface area contributed by atoms with Crippen molar-refractivity contribution in [2.45, 2.75) is 37.3 Å². The Morgan fingerprint density at radius 1 is 1.26 bits per heavy atom. The van der Waals surface area contributed by atoms with Gasteiger partial charge in [-0.3, -0.25) is 10.1 Å². The Morgan fingerprint density at radius 2 is 2.07 bits per heavy atom. The van der Waals surface area contributed by atoms with E-state index in [0.717, 1.165) is 34.9 Å². The van der Waals surface area contributed by atoms with E-state index in [4.69, 9.17) is 0 Å². The average molecular weight is 374 g/mol. The summed E-state index contributed by atoms with van der Waals surface area (Å²) in [5, 5.41) is 3.69. The molecule has 27 heavy (non-hydrogen) atoms. The van der Waals surface area contributed by atoms with E-state index in [1.165, 1.54) is 0 Å². The van der Waals surface area contributed by atoms with Crippen LogP contribution in [0.15, 0.2) is 24.8 Å². The summed E-state index contributed by atoms with van der Waals surface area (Å²) in [6, 6.07) is 1.45. The minimum Gasteiger partial charge on any atom is -0.346 e. The molecule has 1 atom stereocenters. The van der Waals surface area contributed by atoms with Crippen molar-refractivity contribution < 1.29 is 13.6 Å². The van der Waals surface area contributed by atoms with E-state index in [1.807, 2.05) is 18.6 Å². The Labute approximate surface area is 153 Å². The number of aromatic nitrogens is 4. The zero-order chi connectivity index (χ0) is 18.6. The van der Waals surface area contributed by atoms with Gasteiger partial charge in [-0.2, -0.15) is 0 Å². The van der Waals surface area contributed by atoms with Gasteiger partial charge in [0.25, 0.3) is 5.92 Å². The first kappa shape index (κ1) is 16.6. The number of imidazole rings is 1. The van der Waals surface area contributed by atoms with Crippen LogP contribution in [0.3, 0.4) is 0 Å². The third-order valence-corrected chi connectivity index (χ3v) is 5.70. The minimum absolute atomic E-state index is 0.210. The number of H-pyrrole nitrogens is 1. The molecule has 0 aromatic carbocycles. The molecular weight excluding hydrogens is 354 g/mol. The lowest BCUT2D eigenvalue weighted by Crippen LogP contribution is -2.47. The molecular formula is C18H20F2N6O. The second-order valence-electron chi connectivity index (χ2n) is 7.43. The second kappa shape index (κ2) is 5.98.